The first-order valence-electron chi connectivity index (χ1n) is 9.62. The first-order chi connectivity index (χ1) is 13.3. The van der Waals surface area contributed by atoms with Crippen molar-refractivity contribution in [3.8, 4) is 17.1 Å². The molecule has 4 aromatic rings. The Hall–Kier alpha value is -3.01. The van der Waals surface area contributed by atoms with Crippen LogP contribution in [0.2, 0.25) is 0 Å². The Kier molecular flexibility index (Phi) is 3.97. The number of rotatable bonds is 3. The van der Waals surface area contributed by atoms with E-state index in [4.69, 9.17) is 14.9 Å². The molecule has 5 rings (SSSR count). The van der Waals surface area contributed by atoms with Gasteiger partial charge in [-0.1, -0.05) is 24.6 Å². The number of hydrogen-bond acceptors (Lipinski definition) is 4. The van der Waals surface area contributed by atoms with Gasteiger partial charge < -0.3 is 14.9 Å². The second-order valence-corrected chi connectivity index (χ2v) is 7.29. The fourth-order valence-corrected chi connectivity index (χ4v) is 4.00. The van der Waals surface area contributed by atoms with Crippen LogP contribution in [0.25, 0.3) is 33.1 Å². The van der Waals surface area contributed by atoms with Crippen LogP contribution >= 0.6 is 0 Å². The normalized spacial score (nSPS) is 15.4. The molecule has 0 spiro atoms. The van der Waals surface area contributed by atoms with Crippen LogP contribution in [0, 0.1) is 0 Å². The molecule has 1 aliphatic carbocycles. The summed E-state index contributed by atoms with van der Waals surface area (Å²) in [6.45, 7) is 0. The summed E-state index contributed by atoms with van der Waals surface area (Å²) >= 11 is 0. The molecule has 0 radical (unpaired) electrons. The van der Waals surface area contributed by atoms with E-state index < -0.39 is 0 Å². The molecule has 4 heteroatoms. The lowest BCUT2D eigenvalue weighted by atomic mass is 9.97. The van der Waals surface area contributed by atoms with Crippen molar-refractivity contribution in [3.63, 3.8) is 0 Å². The summed E-state index contributed by atoms with van der Waals surface area (Å²) in [6, 6.07) is 16.1. The average molecular weight is 358 g/mol. The van der Waals surface area contributed by atoms with E-state index >= 15 is 0 Å². The highest BCUT2D eigenvalue weighted by Gasteiger charge is 2.17. The lowest BCUT2D eigenvalue weighted by Gasteiger charge is -2.23. The molecule has 1 aliphatic rings. The molecular formula is C23H22N2O2. The number of nitrogens with two attached hydrogens (primary N) is 1. The summed E-state index contributed by atoms with van der Waals surface area (Å²) in [4.78, 5) is 4.38. The molecule has 2 aromatic carbocycles. The van der Waals surface area contributed by atoms with E-state index in [0.717, 1.165) is 51.7 Å². The monoisotopic (exact) mass is 358 g/mol. The zero-order valence-electron chi connectivity index (χ0n) is 15.2. The molecule has 0 unspecified atom stereocenters. The van der Waals surface area contributed by atoms with Crippen LogP contribution in [-0.2, 0) is 0 Å². The van der Waals surface area contributed by atoms with Gasteiger partial charge in [-0.2, -0.15) is 0 Å². The van der Waals surface area contributed by atoms with Gasteiger partial charge in [0.2, 0.25) is 0 Å². The van der Waals surface area contributed by atoms with Gasteiger partial charge in [0, 0.05) is 27.9 Å². The molecule has 27 heavy (non-hydrogen) atoms. The number of hydrogen-bond donors (Lipinski definition) is 1. The molecule has 136 valence electrons. The number of benzene rings is 2. The fourth-order valence-electron chi connectivity index (χ4n) is 4.00. The van der Waals surface area contributed by atoms with Crippen LogP contribution in [0.4, 0.5) is 5.82 Å². The highest BCUT2D eigenvalue weighted by Crippen LogP contribution is 2.36. The van der Waals surface area contributed by atoms with Crippen molar-refractivity contribution in [2.75, 3.05) is 5.73 Å². The van der Waals surface area contributed by atoms with Gasteiger partial charge in [0.05, 0.1) is 6.10 Å². The third-order valence-corrected chi connectivity index (χ3v) is 5.44. The van der Waals surface area contributed by atoms with Gasteiger partial charge in [0.1, 0.15) is 22.9 Å². The molecule has 0 atom stereocenters. The SMILES string of the molecule is Nc1ncc(-c2cc3ccccc3o2)c2cc(OC3CCCCC3)ccc12. The standard InChI is InChI=1S/C23H22N2O2/c24-23-18-11-10-17(26-16-7-2-1-3-8-16)13-19(18)20(14-25-23)22-12-15-6-4-5-9-21(15)27-22/h4-6,9-14,16H,1-3,7-8H2,(H2,24,25). The van der Waals surface area contributed by atoms with E-state index in [-0.39, 0.29) is 0 Å². The predicted octanol–water partition coefficient (Wildman–Crippen LogP) is 5.94. The van der Waals surface area contributed by atoms with Gasteiger partial charge in [-0.3, -0.25) is 0 Å². The van der Waals surface area contributed by atoms with Gasteiger partial charge >= 0.3 is 0 Å². The van der Waals surface area contributed by atoms with Gasteiger partial charge in [-0.25, -0.2) is 4.98 Å². The van der Waals surface area contributed by atoms with E-state index in [1.807, 2.05) is 36.4 Å². The predicted molar refractivity (Wildman–Crippen MR) is 109 cm³/mol. The Labute approximate surface area is 158 Å². The molecule has 1 saturated carbocycles. The third-order valence-electron chi connectivity index (χ3n) is 5.44. The Morgan fingerprint density at radius 1 is 0.963 bits per heavy atom. The van der Waals surface area contributed by atoms with E-state index in [2.05, 4.69) is 17.1 Å². The molecule has 4 nitrogen and oxygen atoms in total. The minimum atomic E-state index is 0.310. The molecule has 2 heterocycles. The fraction of sp³-hybridized carbons (Fsp3) is 0.261. The number of pyridine rings is 1. The largest absolute Gasteiger partial charge is 0.490 e. The van der Waals surface area contributed by atoms with Gasteiger partial charge in [0.15, 0.2) is 0 Å². The van der Waals surface area contributed by atoms with E-state index in [9.17, 15) is 0 Å². The number of fused-ring (bicyclic) bond motifs is 2. The molecule has 0 aliphatic heterocycles. The van der Waals surface area contributed by atoms with E-state index in [0.29, 0.717) is 11.9 Å². The lowest BCUT2D eigenvalue weighted by molar-refractivity contribution is 0.155. The minimum Gasteiger partial charge on any atom is -0.490 e. The Bertz CT molecular complexity index is 1080. The highest BCUT2D eigenvalue weighted by molar-refractivity contribution is 6.02. The molecule has 0 amide bonds. The maximum Gasteiger partial charge on any atom is 0.137 e. The first kappa shape index (κ1) is 16.2. The average Bonchev–Trinajstić information content (AvgIpc) is 3.13. The second-order valence-electron chi connectivity index (χ2n) is 7.29. The smallest absolute Gasteiger partial charge is 0.137 e. The van der Waals surface area contributed by atoms with Crippen molar-refractivity contribution in [3.05, 3.63) is 54.7 Å². The van der Waals surface area contributed by atoms with Crippen LogP contribution in [0.15, 0.2) is 59.1 Å². The van der Waals surface area contributed by atoms with Crippen molar-refractivity contribution in [1.29, 1.82) is 0 Å². The number of ether oxygens (including phenoxy) is 1. The van der Waals surface area contributed by atoms with Gasteiger partial charge in [0.25, 0.3) is 0 Å². The Balaban J connectivity index is 1.60. The number of anilines is 1. The van der Waals surface area contributed by atoms with Crippen LogP contribution in [0.3, 0.4) is 0 Å². The maximum absolute atomic E-state index is 6.26. The van der Waals surface area contributed by atoms with Crippen LogP contribution in [0.5, 0.6) is 5.75 Å². The van der Waals surface area contributed by atoms with Gasteiger partial charge in [-0.05, 0) is 56.0 Å². The summed E-state index contributed by atoms with van der Waals surface area (Å²) < 4.78 is 12.3. The molecule has 2 N–H and O–H groups in total. The van der Waals surface area contributed by atoms with E-state index in [1.54, 1.807) is 6.20 Å². The van der Waals surface area contributed by atoms with Crippen molar-refractivity contribution in [2.24, 2.45) is 0 Å². The Morgan fingerprint density at radius 3 is 2.67 bits per heavy atom. The molecular weight excluding hydrogens is 336 g/mol. The molecule has 1 fully saturated rings. The quantitative estimate of drug-likeness (QED) is 0.492. The zero-order valence-corrected chi connectivity index (χ0v) is 15.2. The molecule has 0 saturated heterocycles. The maximum atomic E-state index is 6.26. The van der Waals surface area contributed by atoms with Crippen molar-refractivity contribution in [2.45, 2.75) is 38.2 Å². The topological polar surface area (TPSA) is 61.3 Å². The van der Waals surface area contributed by atoms with E-state index in [1.165, 1.54) is 19.3 Å². The summed E-state index contributed by atoms with van der Waals surface area (Å²) in [7, 11) is 0. The van der Waals surface area contributed by atoms with Crippen molar-refractivity contribution < 1.29 is 9.15 Å². The first-order valence-corrected chi connectivity index (χ1v) is 9.62. The van der Waals surface area contributed by atoms with Gasteiger partial charge in [-0.15, -0.1) is 0 Å². The van der Waals surface area contributed by atoms with Crippen molar-refractivity contribution in [1.82, 2.24) is 4.98 Å². The van der Waals surface area contributed by atoms with Crippen LogP contribution in [-0.4, -0.2) is 11.1 Å². The zero-order chi connectivity index (χ0) is 18.2. The second kappa shape index (κ2) is 6.62. The summed E-state index contributed by atoms with van der Waals surface area (Å²) in [6.07, 6.45) is 8.18. The number of nitrogen functional groups attached to an aromatic ring is 1. The molecule has 0 bridgehead atoms. The molecule has 2 aromatic heterocycles. The summed E-state index contributed by atoms with van der Waals surface area (Å²) in [5, 5.41) is 3.01. The number of aromatic nitrogens is 1. The third kappa shape index (κ3) is 3.01. The highest BCUT2D eigenvalue weighted by atomic mass is 16.5. The summed E-state index contributed by atoms with van der Waals surface area (Å²) in [5.41, 5.74) is 7.93. The van der Waals surface area contributed by atoms with Crippen LogP contribution < -0.4 is 10.5 Å². The number of furan rings is 1. The number of nitrogens with zero attached hydrogens (tertiary/aromatic N) is 1. The lowest BCUT2D eigenvalue weighted by Crippen LogP contribution is -2.19. The Morgan fingerprint density at radius 2 is 1.81 bits per heavy atom. The number of para-hydroxylation sites is 1. The van der Waals surface area contributed by atoms with Crippen molar-refractivity contribution >= 4 is 27.6 Å². The van der Waals surface area contributed by atoms with Crippen LogP contribution in [0.1, 0.15) is 32.1 Å². The minimum absolute atomic E-state index is 0.310. The summed E-state index contributed by atoms with van der Waals surface area (Å²) in [5.74, 6) is 2.20.